The molecule has 1 aliphatic heterocycles. The molecular formula is C30H43N5O5SSi. The number of anilines is 3. The first-order valence-electron chi connectivity index (χ1n) is 14.2. The topological polar surface area (TPSA) is 106 Å². The molecule has 0 bridgehead atoms. The van der Waals surface area contributed by atoms with E-state index in [0.717, 1.165) is 11.3 Å². The van der Waals surface area contributed by atoms with Crippen LogP contribution in [0.1, 0.15) is 26.3 Å². The average molecular weight is 614 g/mol. The number of sulfonamides is 1. The summed E-state index contributed by atoms with van der Waals surface area (Å²) in [6, 6.07) is 16.3. The fourth-order valence-corrected chi connectivity index (χ4v) is 6.61. The number of piperazine rings is 1. The molecule has 1 saturated heterocycles. The first-order chi connectivity index (χ1) is 19.8. The summed E-state index contributed by atoms with van der Waals surface area (Å²) in [6.07, 6.45) is 0. The highest BCUT2D eigenvalue weighted by molar-refractivity contribution is 7.89. The van der Waals surface area contributed by atoms with Crippen LogP contribution in [0, 0.1) is 6.92 Å². The lowest BCUT2D eigenvalue weighted by atomic mass is 10.2. The van der Waals surface area contributed by atoms with Gasteiger partial charge in [-0.25, -0.2) is 8.42 Å². The van der Waals surface area contributed by atoms with Crippen molar-refractivity contribution in [1.82, 2.24) is 14.3 Å². The summed E-state index contributed by atoms with van der Waals surface area (Å²) >= 11 is 0. The normalized spacial score (nSPS) is 15.0. The van der Waals surface area contributed by atoms with Crippen LogP contribution in [-0.4, -0.2) is 77.5 Å². The molecule has 2 heterocycles. The lowest BCUT2D eigenvalue weighted by molar-refractivity contribution is 0.199. The molecule has 4 rings (SSSR count). The minimum atomic E-state index is -3.63. The number of hydrogen-bond donors (Lipinski definition) is 1. The number of rotatable bonds is 11. The fourth-order valence-electron chi connectivity index (χ4n) is 4.16. The first kappa shape index (κ1) is 31.7. The Morgan fingerprint density at radius 2 is 1.57 bits per heavy atom. The van der Waals surface area contributed by atoms with Gasteiger partial charge in [-0.15, -0.1) is 0 Å². The van der Waals surface area contributed by atoms with Gasteiger partial charge in [0.05, 0.1) is 18.6 Å². The van der Waals surface area contributed by atoms with Gasteiger partial charge in [0.15, 0.2) is 8.32 Å². The molecule has 1 N–H and O–H groups in total. The number of aryl methyl sites for hydroxylation is 1. The molecule has 12 heteroatoms. The highest BCUT2D eigenvalue weighted by atomic mass is 32.2. The van der Waals surface area contributed by atoms with Gasteiger partial charge in [0.1, 0.15) is 18.2 Å². The Bertz CT molecular complexity index is 1440. The molecule has 2 aromatic carbocycles. The third-order valence-corrected chi connectivity index (χ3v) is 14.3. The summed E-state index contributed by atoms with van der Waals surface area (Å²) < 4.78 is 45.5. The zero-order valence-corrected chi connectivity index (χ0v) is 27.5. The van der Waals surface area contributed by atoms with Crippen LogP contribution in [0.25, 0.3) is 0 Å². The van der Waals surface area contributed by atoms with Crippen molar-refractivity contribution in [3.8, 4) is 11.6 Å². The maximum Gasteiger partial charge on any atom is 0.243 e. The van der Waals surface area contributed by atoms with E-state index in [1.807, 2.05) is 36.1 Å². The van der Waals surface area contributed by atoms with Gasteiger partial charge in [0.2, 0.25) is 21.9 Å². The average Bonchev–Trinajstić information content (AvgIpc) is 2.96. The summed E-state index contributed by atoms with van der Waals surface area (Å²) in [6.45, 7) is 15.4. The quantitative estimate of drug-likeness (QED) is 0.223. The lowest BCUT2D eigenvalue weighted by Gasteiger charge is -2.36. The second kappa shape index (κ2) is 13.0. The molecule has 3 aromatic rings. The van der Waals surface area contributed by atoms with Crippen molar-refractivity contribution in [3.05, 3.63) is 60.2 Å². The fraction of sp³-hybridized carbons (Fsp3) is 0.467. The van der Waals surface area contributed by atoms with Crippen LogP contribution >= 0.6 is 0 Å². The molecule has 1 aliphatic rings. The van der Waals surface area contributed by atoms with Crippen molar-refractivity contribution < 1.29 is 22.3 Å². The summed E-state index contributed by atoms with van der Waals surface area (Å²) in [5.74, 6) is 2.12. The Morgan fingerprint density at radius 1 is 0.929 bits per heavy atom. The number of aromatic nitrogens is 2. The van der Waals surface area contributed by atoms with Gasteiger partial charge < -0.3 is 24.1 Å². The van der Waals surface area contributed by atoms with E-state index in [1.165, 1.54) is 4.31 Å². The van der Waals surface area contributed by atoms with E-state index in [0.29, 0.717) is 62.8 Å². The summed E-state index contributed by atoms with van der Waals surface area (Å²) in [5.41, 5.74) is 2.06. The van der Waals surface area contributed by atoms with Crippen LogP contribution in [0.4, 0.5) is 17.5 Å². The minimum Gasteiger partial charge on any atom is -0.497 e. The van der Waals surface area contributed by atoms with Crippen molar-refractivity contribution >= 4 is 35.8 Å². The molecular weight excluding hydrogens is 571 g/mol. The number of methoxy groups -OCH3 is 1. The molecule has 0 unspecified atom stereocenters. The van der Waals surface area contributed by atoms with E-state index >= 15 is 0 Å². The number of benzene rings is 2. The Hall–Kier alpha value is -3.19. The van der Waals surface area contributed by atoms with E-state index in [4.69, 9.17) is 18.9 Å². The van der Waals surface area contributed by atoms with Crippen LogP contribution in [0.5, 0.6) is 11.6 Å². The summed E-state index contributed by atoms with van der Waals surface area (Å²) in [5, 5.41) is 3.47. The predicted molar refractivity (Wildman–Crippen MR) is 169 cm³/mol. The molecule has 0 amide bonds. The van der Waals surface area contributed by atoms with Crippen LogP contribution in [-0.2, 0) is 14.4 Å². The van der Waals surface area contributed by atoms with Gasteiger partial charge >= 0.3 is 0 Å². The largest absolute Gasteiger partial charge is 0.497 e. The Morgan fingerprint density at radius 3 is 2.17 bits per heavy atom. The van der Waals surface area contributed by atoms with Crippen molar-refractivity contribution in [2.45, 2.75) is 50.7 Å². The van der Waals surface area contributed by atoms with Crippen LogP contribution in [0.3, 0.4) is 0 Å². The van der Waals surface area contributed by atoms with E-state index in [1.54, 1.807) is 37.4 Å². The molecule has 1 fully saturated rings. The van der Waals surface area contributed by atoms with Crippen LogP contribution < -0.4 is 19.7 Å². The number of hydrogen-bond acceptors (Lipinski definition) is 9. The van der Waals surface area contributed by atoms with E-state index in [9.17, 15) is 8.42 Å². The molecule has 228 valence electrons. The van der Waals surface area contributed by atoms with Crippen molar-refractivity contribution in [3.63, 3.8) is 0 Å². The molecule has 0 atom stereocenters. The van der Waals surface area contributed by atoms with Crippen LogP contribution in [0.15, 0.2) is 59.5 Å². The van der Waals surface area contributed by atoms with Crippen LogP contribution in [0.2, 0.25) is 18.1 Å². The van der Waals surface area contributed by atoms with Crippen molar-refractivity contribution in [2.75, 3.05) is 56.7 Å². The zero-order chi connectivity index (χ0) is 30.5. The smallest absolute Gasteiger partial charge is 0.243 e. The lowest BCUT2D eigenvalue weighted by Crippen LogP contribution is -2.49. The first-order valence-corrected chi connectivity index (χ1v) is 18.5. The Balaban J connectivity index is 1.48. The van der Waals surface area contributed by atoms with Gasteiger partial charge in [-0.2, -0.15) is 14.3 Å². The predicted octanol–water partition coefficient (Wildman–Crippen LogP) is 5.45. The number of nitrogens with one attached hydrogen (secondary N) is 1. The number of ether oxygens (including phenoxy) is 2. The van der Waals surface area contributed by atoms with Gasteiger partial charge in [0.25, 0.3) is 0 Å². The Labute approximate surface area is 251 Å². The molecule has 42 heavy (non-hydrogen) atoms. The van der Waals surface area contributed by atoms with Crippen molar-refractivity contribution in [1.29, 1.82) is 0 Å². The van der Waals surface area contributed by atoms with E-state index in [2.05, 4.69) is 44.2 Å². The summed E-state index contributed by atoms with van der Waals surface area (Å²) in [4.78, 5) is 11.7. The van der Waals surface area contributed by atoms with Gasteiger partial charge in [-0.3, -0.25) is 0 Å². The highest BCUT2D eigenvalue weighted by Crippen LogP contribution is 2.36. The molecule has 0 radical (unpaired) electrons. The molecule has 10 nitrogen and oxygen atoms in total. The second-order valence-electron chi connectivity index (χ2n) is 11.9. The zero-order valence-electron chi connectivity index (χ0n) is 25.7. The third kappa shape index (κ3) is 7.80. The molecule has 1 aromatic heterocycles. The van der Waals surface area contributed by atoms with E-state index in [-0.39, 0.29) is 9.93 Å². The van der Waals surface area contributed by atoms with Gasteiger partial charge in [0, 0.05) is 37.9 Å². The SMILES string of the molecule is COc1ccc(S(=O)(=O)N2CCN(c3nc(Nc4ccc(C)cc4)cc(OCCO[Si](C)(C)C(C)(C)C)n3)CC2)cc1. The monoisotopic (exact) mass is 613 g/mol. The molecule has 0 aliphatic carbocycles. The maximum atomic E-state index is 13.2. The third-order valence-electron chi connectivity index (χ3n) is 7.84. The summed E-state index contributed by atoms with van der Waals surface area (Å²) in [7, 11) is -3.97. The van der Waals surface area contributed by atoms with Crippen molar-refractivity contribution in [2.24, 2.45) is 0 Å². The molecule has 0 spiro atoms. The highest BCUT2D eigenvalue weighted by Gasteiger charge is 2.37. The van der Waals surface area contributed by atoms with Gasteiger partial charge in [-0.05, 0) is 61.5 Å². The number of nitrogens with zero attached hydrogens (tertiary/aromatic N) is 4. The minimum absolute atomic E-state index is 0.114. The molecule has 0 saturated carbocycles. The Kier molecular flexibility index (Phi) is 9.81. The maximum absolute atomic E-state index is 13.2. The standard InChI is InChI=1S/C30H43N5O5SSi/c1-23-8-10-24(11-9-23)31-27-22-28(39-20-21-40-42(6,7)30(2,3)4)33-29(32-27)34-16-18-35(19-17-34)41(36,37)26-14-12-25(38-5)13-15-26/h8-15,22H,16-21H2,1-7H3,(H,31,32,33). The second-order valence-corrected chi connectivity index (χ2v) is 18.7. The van der Waals surface area contributed by atoms with Gasteiger partial charge in [-0.1, -0.05) is 38.5 Å². The van der Waals surface area contributed by atoms with E-state index < -0.39 is 18.3 Å².